The zero-order valence-electron chi connectivity index (χ0n) is 13.3. The fourth-order valence-corrected chi connectivity index (χ4v) is 1.07. The van der Waals surface area contributed by atoms with Crippen LogP contribution < -0.4 is 11.5 Å². The zero-order chi connectivity index (χ0) is 17.4. The summed E-state index contributed by atoms with van der Waals surface area (Å²) in [6.45, 7) is 4.17. The van der Waals surface area contributed by atoms with Crippen LogP contribution in [0.15, 0.2) is 60.7 Å². The van der Waals surface area contributed by atoms with Gasteiger partial charge in [-0.25, -0.2) is 0 Å². The Balaban J connectivity index is -0.000000238. The van der Waals surface area contributed by atoms with Crippen molar-refractivity contribution in [3.05, 3.63) is 71.8 Å². The van der Waals surface area contributed by atoms with Crippen LogP contribution in [0.5, 0.6) is 0 Å². The second-order valence-electron chi connectivity index (χ2n) is 3.95. The van der Waals surface area contributed by atoms with E-state index in [1.807, 2.05) is 36.4 Å². The van der Waals surface area contributed by atoms with Crippen molar-refractivity contribution in [2.24, 2.45) is 11.5 Å². The monoisotopic (exact) mass is 400 g/mol. The number of hydrogen-bond donors (Lipinski definition) is 2. The van der Waals surface area contributed by atoms with Gasteiger partial charge in [-0.05, 0) is 13.8 Å². The fraction of sp³-hybridized carbons (Fsp3) is 0.125. The van der Waals surface area contributed by atoms with Crippen molar-refractivity contribution in [2.45, 2.75) is 13.8 Å². The minimum Gasteiger partial charge on any atom is -0.719 e. The van der Waals surface area contributed by atoms with Gasteiger partial charge in [0.2, 0.25) is 0 Å². The maximum absolute atomic E-state index is 9.04. The molecule has 4 N–H and O–H groups in total. The van der Waals surface area contributed by atoms with Crippen LogP contribution in [-0.2, 0) is 44.7 Å². The number of nitrogens with two attached hydrogens (primary N) is 2. The van der Waals surface area contributed by atoms with E-state index >= 15 is 0 Å². The predicted molar refractivity (Wildman–Crippen MR) is 96.3 cm³/mol. The molecule has 7 heteroatoms. The molecule has 0 aromatic heterocycles. The van der Waals surface area contributed by atoms with E-state index in [1.54, 1.807) is 0 Å². The number of hydrogen-bond acceptors (Lipinski definition) is 4. The van der Waals surface area contributed by atoms with Crippen molar-refractivity contribution in [2.75, 3.05) is 0 Å². The summed E-state index contributed by atoms with van der Waals surface area (Å²) in [6, 6.07) is 20.5. The molecule has 0 unspecified atom stereocenters. The van der Waals surface area contributed by atoms with Crippen LogP contribution in [-0.4, -0.2) is 10.5 Å². The van der Waals surface area contributed by atoms with E-state index in [1.165, 1.54) is 11.1 Å². The molecule has 0 aliphatic heterocycles. The van der Waals surface area contributed by atoms with Crippen LogP contribution in [0.2, 0.25) is 0 Å². The maximum atomic E-state index is 9.04. The van der Waals surface area contributed by atoms with Gasteiger partial charge in [0.25, 0.3) is 0 Å². The Bertz CT molecular complexity index is 469. The molecule has 23 heavy (non-hydrogen) atoms. The Hall–Kier alpha value is -1.56. The third kappa shape index (κ3) is 33.3. The van der Waals surface area contributed by atoms with Gasteiger partial charge in [-0.2, -0.15) is 0 Å². The van der Waals surface area contributed by atoms with Crippen LogP contribution in [0.1, 0.15) is 11.1 Å². The summed E-state index contributed by atoms with van der Waals surface area (Å²) in [5.41, 5.74) is 11.2. The van der Waals surface area contributed by atoms with Crippen molar-refractivity contribution in [3.63, 3.8) is 0 Å². The first kappa shape index (κ1) is 26.3. The quantitative estimate of drug-likeness (QED) is 0.524. The van der Waals surface area contributed by atoms with Gasteiger partial charge in [0.1, 0.15) is 0 Å². The average Bonchev–Trinajstić information content (AvgIpc) is 2.40. The van der Waals surface area contributed by atoms with E-state index < -0.39 is 10.5 Å². The zero-order valence-corrected chi connectivity index (χ0v) is 17.9. The summed E-state index contributed by atoms with van der Waals surface area (Å²) in [4.78, 5) is 18.1. The molecule has 0 saturated heterocycles. The van der Waals surface area contributed by atoms with Crippen LogP contribution in [0.4, 0.5) is 9.59 Å². The first-order valence-corrected chi connectivity index (χ1v) is 7.03. The topological polar surface area (TPSA) is 86.2 Å². The SMILES string of the molecule is Cc1ccccc1.Cc1ccccc1.NC(=O)[S-].NC(=O)[S-].[Zn+2]. The molecule has 4 nitrogen and oxygen atoms in total. The number of rotatable bonds is 0. The van der Waals surface area contributed by atoms with Crippen LogP contribution >= 0.6 is 0 Å². The van der Waals surface area contributed by atoms with Gasteiger partial charge in [-0.3, -0.25) is 0 Å². The molecule has 0 saturated carbocycles. The van der Waals surface area contributed by atoms with Gasteiger partial charge in [-0.1, -0.05) is 71.8 Å². The molecule has 0 fully saturated rings. The van der Waals surface area contributed by atoms with Crippen molar-refractivity contribution in [1.82, 2.24) is 0 Å². The van der Waals surface area contributed by atoms with Gasteiger partial charge in [0, 0.05) is 0 Å². The summed E-state index contributed by atoms with van der Waals surface area (Å²) in [7, 11) is 0. The van der Waals surface area contributed by atoms with Gasteiger partial charge in [0.05, 0.1) is 10.5 Å². The van der Waals surface area contributed by atoms with Crippen LogP contribution in [0, 0.1) is 13.8 Å². The third-order valence-electron chi connectivity index (χ3n) is 1.88. The summed E-state index contributed by atoms with van der Waals surface area (Å²) >= 11 is 7.52. The minimum absolute atomic E-state index is 0. The molecule has 0 heterocycles. The molecule has 0 spiro atoms. The first-order valence-electron chi connectivity index (χ1n) is 6.22. The van der Waals surface area contributed by atoms with Crippen molar-refractivity contribution in [3.8, 4) is 0 Å². The molecule has 0 aliphatic rings. The number of carbonyl (C=O) groups is 2. The number of benzene rings is 2. The van der Waals surface area contributed by atoms with Gasteiger partial charge in [0.15, 0.2) is 0 Å². The van der Waals surface area contributed by atoms with Gasteiger partial charge in [-0.15, -0.1) is 0 Å². The summed E-state index contributed by atoms with van der Waals surface area (Å²) in [5.74, 6) is 0. The summed E-state index contributed by atoms with van der Waals surface area (Å²) in [6.07, 6.45) is 0. The second-order valence-corrected chi connectivity index (χ2v) is 4.75. The molecule has 2 amide bonds. The molecule has 0 bridgehead atoms. The molecule has 2 aromatic rings. The van der Waals surface area contributed by atoms with Crippen molar-refractivity contribution < 1.29 is 29.1 Å². The van der Waals surface area contributed by atoms with E-state index in [4.69, 9.17) is 9.59 Å². The first-order chi connectivity index (χ1) is 10.3. The summed E-state index contributed by atoms with van der Waals surface area (Å²) in [5, 5.41) is -1.50. The van der Waals surface area contributed by atoms with Gasteiger partial charge >= 0.3 is 19.5 Å². The van der Waals surface area contributed by atoms with Crippen molar-refractivity contribution >= 4 is 35.7 Å². The number of primary amides is 2. The second kappa shape index (κ2) is 18.5. The standard InChI is InChI=1S/2C7H8.2CH3NOS.Zn/c2*1-7-5-3-2-4-6-7;2*2-1(3)4;/h2*2-6H,1H3;2*(H3,2,3,4);/q;;;;+2/p-2. The predicted octanol–water partition coefficient (Wildman–Crippen LogP) is 3.21. The molecular formula is C16H20N2O2S2Zn. The summed E-state index contributed by atoms with van der Waals surface area (Å²) < 4.78 is 0. The van der Waals surface area contributed by atoms with Crippen molar-refractivity contribution in [1.29, 1.82) is 0 Å². The number of aryl methyl sites for hydroxylation is 2. The smallest absolute Gasteiger partial charge is 0.719 e. The molecule has 0 aliphatic carbocycles. The molecule has 2 aromatic carbocycles. The molecule has 2 rings (SSSR count). The maximum Gasteiger partial charge on any atom is 2.00 e. The largest absolute Gasteiger partial charge is 2.00 e. The Morgan fingerprint density at radius 1 is 0.696 bits per heavy atom. The van der Waals surface area contributed by atoms with E-state index in [2.05, 4.69) is 74.8 Å². The Labute approximate surface area is 161 Å². The molecular weight excluding hydrogens is 382 g/mol. The normalized spacial score (nSPS) is 7.39. The van der Waals surface area contributed by atoms with Gasteiger partial charge < -0.3 is 46.3 Å². The third-order valence-corrected chi connectivity index (χ3v) is 1.88. The van der Waals surface area contributed by atoms with E-state index in [9.17, 15) is 0 Å². The fourth-order valence-electron chi connectivity index (χ4n) is 1.07. The molecule has 0 radical (unpaired) electrons. The Morgan fingerprint density at radius 2 is 0.870 bits per heavy atom. The Kier molecular flexibility index (Phi) is 21.2. The average molecular weight is 402 g/mol. The van der Waals surface area contributed by atoms with Crippen LogP contribution in [0.25, 0.3) is 0 Å². The molecule has 120 valence electrons. The molecule has 0 atom stereocenters. The van der Waals surface area contributed by atoms with E-state index in [0.717, 1.165) is 0 Å². The number of amides is 2. The van der Waals surface area contributed by atoms with E-state index in [-0.39, 0.29) is 19.5 Å². The van der Waals surface area contributed by atoms with Crippen LogP contribution in [0.3, 0.4) is 0 Å². The Morgan fingerprint density at radius 3 is 0.957 bits per heavy atom. The number of carbonyl (C=O) groups excluding carboxylic acids is 2. The van der Waals surface area contributed by atoms with E-state index in [0.29, 0.717) is 0 Å². The minimum atomic E-state index is -0.750.